The van der Waals surface area contributed by atoms with Gasteiger partial charge in [0.05, 0.1) is 30.5 Å². The molecule has 35 heavy (non-hydrogen) atoms. The van der Waals surface area contributed by atoms with Crippen molar-refractivity contribution in [2.24, 2.45) is 5.10 Å². The number of nitrogens with zero attached hydrogens (tertiary/aromatic N) is 2. The minimum atomic E-state index is -4.00. The van der Waals surface area contributed by atoms with Crippen LogP contribution in [0.25, 0.3) is 0 Å². The number of benzene rings is 3. The Bertz CT molecular complexity index is 1300. The summed E-state index contributed by atoms with van der Waals surface area (Å²) in [6, 6.07) is 20.0. The first-order valence-electron chi connectivity index (χ1n) is 10.7. The van der Waals surface area contributed by atoms with Crippen LogP contribution in [0, 0.1) is 0 Å². The van der Waals surface area contributed by atoms with E-state index in [1.54, 1.807) is 61.7 Å². The highest BCUT2D eigenvalue weighted by Gasteiger charge is 2.27. The van der Waals surface area contributed by atoms with Crippen molar-refractivity contribution in [3.8, 4) is 11.5 Å². The molecular weight excluding hydrogens is 534 g/mol. The number of methoxy groups -OCH3 is 2. The first kappa shape index (κ1) is 26.2. The summed E-state index contributed by atoms with van der Waals surface area (Å²) in [6.07, 6.45) is 0.522. The second-order valence-electron chi connectivity index (χ2n) is 7.32. The van der Waals surface area contributed by atoms with Crippen molar-refractivity contribution in [1.82, 2.24) is 5.43 Å². The first-order chi connectivity index (χ1) is 16.8. The normalized spacial score (nSPS) is 11.6. The summed E-state index contributed by atoms with van der Waals surface area (Å²) in [5.41, 5.74) is 4.19. The van der Waals surface area contributed by atoms with Gasteiger partial charge in [-0.25, -0.2) is 13.8 Å². The Morgan fingerprint density at radius 1 is 0.971 bits per heavy atom. The Kier molecular flexibility index (Phi) is 8.89. The van der Waals surface area contributed by atoms with Crippen molar-refractivity contribution in [2.75, 3.05) is 25.1 Å². The molecule has 0 saturated heterocycles. The number of ether oxygens (including phenoxy) is 2. The Labute approximate surface area is 213 Å². The van der Waals surface area contributed by atoms with Gasteiger partial charge in [-0.1, -0.05) is 41.1 Å². The van der Waals surface area contributed by atoms with Gasteiger partial charge in [0.25, 0.3) is 15.9 Å². The summed E-state index contributed by atoms with van der Waals surface area (Å²) in [6.45, 7) is 1.45. The van der Waals surface area contributed by atoms with E-state index in [0.29, 0.717) is 29.3 Å². The molecule has 0 fully saturated rings. The molecule has 0 bridgehead atoms. The van der Waals surface area contributed by atoms with Crippen molar-refractivity contribution in [2.45, 2.75) is 18.2 Å². The molecule has 10 heteroatoms. The van der Waals surface area contributed by atoms with Crippen LogP contribution in [-0.4, -0.2) is 40.8 Å². The van der Waals surface area contributed by atoms with E-state index in [1.807, 2.05) is 13.0 Å². The van der Waals surface area contributed by atoms with Crippen LogP contribution in [0.5, 0.6) is 11.5 Å². The molecule has 0 aliphatic rings. The van der Waals surface area contributed by atoms with Gasteiger partial charge in [0.15, 0.2) is 11.5 Å². The second-order valence-corrected chi connectivity index (χ2v) is 10.1. The maximum absolute atomic E-state index is 13.4. The minimum absolute atomic E-state index is 0.0822. The third-order valence-electron chi connectivity index (χ3n) is 5.10. The van der Waals surface area contributed by atoms with E-state index in [9.17, 15) is 13.2 Å². The average Bonchev–Trinajstić information content (AvgIpc) is 2.88. The van der Waals surface area contributed by atoms with Gasteiger partial charge in [0.2, 0.25) is 0 Å². The van der Waals surface area contributed by atoms with E-state index in [4.69, 9.17) is 9.47 Å². The summed E-state index contributed by atoms with van der Waals surface area (Å²) >= 11 is 3.35. The smallest absolute Gasteiger partial charge is 0.264 e. The van der Waals surface area contributed by atoms with E-state index >= 15 is 0 Å². The van der Waals surface area contributed by atoms with Crippen LogP contribution in [0.2, 0.25) is 0 Å². The van der Waals surface area contributed by atoms with Gasteiger partial charge in [0.1, 0.15) is 6.54 Å². The summed E-state index contributed by atoms with van der Waals surface area (Å²) in [5.74, 6) is 0.527. The lowest BCUT2D eigenvalue weighted by Gasteiger charge is -2.23. The summed E-state index contributed by atoms with van der Waals surface area (Å²) in [5, 5.41) is 4.25. The van der Waals surface area contributed by atoms with Crippen LogP contribution in [-0.2, 0) is 14.8 Å². The molecule has 1 N–H and O–H groups in total. The lowest BCUT2D eigenvalue weighted by atomic mass is 10.1. The predicted molar refractivity (Wildman–Crippen MR) is 140 cm³/mol. The van der Waals surface area contributed by atoms with Gasteiger partial charge in [-0.3, -0.25) is 9.10 Å². The van der Waals surface area contributed by atoms with Gasteiger partial charge >= 0.3 is 0 Å². The molecule has 3 aromatic carbocycles. The number of nitrogens with one attached hydrogen (secondary N) is 1. The molecule has 0 unspecified atom stereocenters. The van der Waals surface area contributed by atoms with Crippen LogP contribution < -0.4 is 19.2 Å². The quantitative estimate of drug-likeness (QED) is 0.289. The lowest BCUT2D eigenvalue weighted by Crippen LogP contribution is -2.39. The van der Waals surface area contributed by atoms with Crippen molar-refractivity contribution < 1.29 is 22.7 Å². The molecule has 1 amide bonds. The van der Waals surface area contributed by atoms with Crippen molar-refractivity contribution in [1.29, 1.82) is 0 Å². The average molecular weight is 560 g/mol. The molecule has 0 saturated carbocycles. The van der Waals surface area contributed by atoms with Crippen LogP contribution in [0.3, 0.4) is 0 Å². The third kappa shape index (κ3) is 6.40. The number of hydrogen-bond donors (Lipinski definition) is 1. The lowest BCUT2D eigenvalue weighted by molar-refractivity contribution is -0.119. The molecule has 0 aliphatic carbocycles. The zero-order valence-corrected chi connectivity index (χ0v) is 22.0. The van der Waals surface area contributed by atoms with Crippen molar-refractivity contribution >= 4 is 43.3 Å². The molecule has 0 aliphatic heterocycles. The van der Waals surface area contributed by atoms with Crippen molar-refractivity contribution in [3.05, 3.63) is 82.8 Å². The fourth-order valence-corrected chi connectivity index (χ4v) is 5.01. The Morgan fingerprint density at radius 3 is 2.23 bits per heavy atom. The predicted octanol–water partition coefficient (Wildman–Crippen LogP) is 4.59. The highest BCUT2D eigenvalue weighted by atomic mass is 79.9. The zero-order valence-electron chi connectivity index (χ0n) is 19.6. The van der Waals surface area contributed by atoms with Gasteiger partial charge in [-0.2, -0.15) is 5.10 Å². The molecule has 0 radical (unpaired) electrons. The summed E-state index contributed by atoms with van der Waals surface area (Å²) in [4.78, 5) is 13.0. The first-order valence-corrected chi connectivity index (χ1v) is 12.9. The number of hydrazone groups is 1. The maximum Gasteiger partial charge on any atom is 0.264 e. The number of halogens is 1. The molecule has 3 aromatic rings. The van der Waals surface area contributed by atoms with E-state index in [1.165, 1.54) is 19.2 Å². The molecule has 3 rings (SSSR count). The van der Waals surface area contributed by atoms with Gasteiger partial charge in [0, 0.05) is 10.0 Å². The number of anilines is 1. The number of carbonyl (C=O) groups excluding carboxylic acids is 1. The number of rotatable bonds is 10. The molecule has 0 atom stereocenters. The van der Waals surface area contributed by atoms with E-state index < -0.39 is 22.5 Å². The van der Waals surface area contributed by atoms with Crippen LogP contribution >= 0.6 is 15.9 Å². The minimum Gasteiger partial charge on any atom is -0.493 e. The van der Waals surface area contributed by atoms with E-state index in [0.717, 1.165) is 14.3 Å². The monoisotopic (exact) mass is 559 g/mol. The third-order valence-corrected chi connectivity index (χ3v) is 7.42. The number of sulfonamides is 1. The van der Waals surface area contributed by atoms with Crippen LogP contribution in [0.4, 0.5) is 5.69 Å². The SMILES string of the molecule is CC/C(=N/NC(=O)CN(c1ccc(Br)cc1)S(=O)(=O)c1ccccc1)c1ccc(OC)c(OC)c1. The van der Waals surface area contributed by atoms with Gasteiger partial charge < -0.3 is 9.47 Å². The number of hydrogen-bond acceptors (Lipinski definition) is 6. The summed E-state index contributed by atoms with van der Waals surface area (Å²) in [7, 11) is -0.910. The van der Waals surface area contributed by atoms with Crippen LogP contribution in [0.15, 0.2) is 87.3 Å². The highest BCUT2D eigenvalue weighted by Crippen LogP contribution is 2.28. The van der Waals surface area contributed by atoms with E-state index in [2.05, 4.69) is 26.5 Å². The number of amides is 1. The molecule has 0 spiro atoms. The molecule has 0 heterocycles. The standard InChI is InChI=1S/C25H26BrN3O5S/c1-4-22(18-10-15-23(33-2)24(16-18)34-3)27-28-25(30)17-29(20-13-11-19(26)12-14-20)35(31,32)21-8-6-5-7-9-21/h5-16H,4,17H2,1-3H3,(H,28,30)/b27-22-. The van der Waals surface area contributed by atoms with E-state index in [-0.39, 0.29) is 4.90 Å². The zero-order chi connectivity index (χ0) is 25.4. The Hall–Kier alpha value is -3.37. The fourth-order valence-electron chi connectivity index (χ4n) is 3.30. The summed E-state index contributed by atoms with van der Waals surface area (Å²) < 4.78 is 39.2. The molecule has 184 valence electrons. The van der Waals surface area contributed by atoms with Gasteiger partial charge in [-0.15, -0.1) is 0 Å². The van der Waals surface area contributed by atoms with Gasteiger partial charge in [-0.05, 0) is 61.0 Å². The Morgan fingerprint density at radius 2 is 1.63 bits per heavy atom. The maximum atomic E-state index is 13.4. The molecule has 8 nitrogen and oxygen atoms in total. The fraction of sp³-hybridized carbons (Fsp3) is 0.200. The topological polar surface area (TPSA) is 97.3 Å². The Balaban J connectivity index is 1.87. The van der Waals surface area contributed by atoms with Crippen LogP contribution in [0.1, 0.15) is 18.9 Å². The number of carbonyl (C=O) groups is 1. The molecule has 0 aromatic heterocycles. The molecular formula is C25H26BrN3O5S. The second kappa shape index (κ2) is 11.9. The largest absolute Gasteiger partial charge is 0.493 e. The van der Waals surface area contributed by atoms with Crippen molar-refractivity contribution in [3.63, 3.8) is 0 Å². The highest BCUT2D eigenvalue weighted by molar-refractivity contribution is 9.10.